The van der Waals surface area contributed by atoms with Gasteiger partial charge in [0.15, 0.2) is 5.82 Å². The van der Waals surface area contributed by atoms with Crippen molar-refractivity contribution in [1.82, 2.24) is 15.1 Å². The van der Waals surface area contributed by atoms with E-state index in [2.05, 4.69) is 63.7 Å². The number of fused-ring (bicyclic) bond motifs is 2. The van der Waals surface area contributed by atoms with Crippen LogP contribution in [0.1, 0.15) is 34.5 Å². The number of benzene rings is 2. The van der Waals surface area contributed by atoms with Crippen LogP contribution in [-0.2, 0) is 30.4 Å². The van der Waals surface area contributed by atoms with Crippen molar-refractivity contribution in [1.29, 1.82) is 0 Å². The highest BCUT2D eigenvalue weighted by atomic mass is 16.5. The molecule has 1 aliphatic heterocycles. The number of hydrogen-bond acceptors (Lipinski definition) is 4. The lowest BCUT2D eigenvalue weighted by Gasteiger charge is -2.25. The maximum Gasteiger partial charge on any atom is 0.226 e. The largest absolute Gasteiger partial charge is 0.373 e. The number of ether oxygens (including phenoxy) is 1. The third kappa shape index (κ3) is 3.38. The van der Waals surface area contributed by atoms with E-state index in [1.54, 1.807) is 0 Å². The first-order valence-corrected chi connectivity index (χ1v) is 9.42. The molecule has 0 bridgehead atoms. The molecule has 0 saturated carbocycles. The van der Waals surface area contributed by atoms with Crippen LogP contribution < -0.4 is 0 Å². The first-order chi connectivity index (χ1) is 13.3. The van der Waals surface area contributed by atoms with Crippen molar-refractivity contribution in [3.8, 4) is 0 Å². The number of rotatable bonds is 5. The van der Waals surface area contributed by atoms with Crippen molar-refractivity contribution < 1.29 is 9.26 Å². The summed E-state index contributed by atoms with van der Waals surface area (Å²) in [6, 6.07) is 17.0. The van der Waals surface area contributed by atoms with E-state index in [-0.39, 0.29) is 6.10 Å². The summed E-state index contributed by atoms with van der Waals surface area (Å²) in [5.74, 6) is 1.40. The molecule has 2 aromatic carbocycles. The average Bonchev–Trinajstić information content (AvgIpc) is 3.35. The molecule has 0 aliphatic carbocycles. The van der Waals surface area contributed by atoms with Gasteiger partial charge in [0.1, 0.15) is 0 Å². The Hall–Kier alpha value is -2.92. The fourth-order valence-electron chi connectivity index (χ4n) is 3.80. The SMILES string of the molecule is c1ccc2c(c1)CCOC2Cc1noc(CCc2ccc3[nH]ccc3c2)n1. The smallest absolute Gasteiger partial charge is 0.226 e. The van der Waals surface area contributed by atoms with Gasteiger partial charge in [0.05, 0.1) is 12.7 Å². The normalized spacial score (nSPS) is 16.5. The van der Waals surface area contributed by atoms with E-state index in [1.165, 1.54) is 22.1 Å². The predicted molar refractivity (Wildman–Crippen MR) is 103 cm³/mol. The summed E-state index contributed by atoms with van der Waals surface area (Å²) in [6.45, 7) is 0.744. The number of nitrogens with zero attached hydrogens (tertiary/aromatic N) is 2. The lowest BCUT2D eigenvalue weighted by atomic mass is 9.96. The number of aromatic nitrogens is 3. The van der Waals surface area contributed by atoms with Gasteiger partial charge in [0, 0.05) is 24.6 Å². The Morgan fingerprint density at radius 1 is 1.07 bits per heavy atom. The zero-order valence-electron chi connectivity index (χ0n) is 15.0. The second-order valence-electron chi connectivity index (χ2n) is 7.02. The number of H-pyrrole nitrogens is 1. The third-order valence-corrected chi connectivity index (χ3v) is 5.22. The summed E-state index contributed by atoms with van der Waals surface area (Å²) in [4.78, 5) is 7.80. The monoisotopic (exact) mass is 359 g/mol. The van der Waals surface area contributed by atoms with Gasteiger partial charge in [-0.05, 0) is 53.1 Å². The van der Waals surface area contributed by atoms with Crippen molar-refractivity contribution >= 4 is 10.9 Å². The molecule has 1 aliphatic rings. The Kier molecular flexibility index (Phi) is 4.22. The minimum atomic E-state index is 0.0106. The Bertz CT molecular complexity index is 1070. The van der Waals surface area contributed by atoms with Crippen molar-refractivity contribution in [2.75, 3.05) is 6.61 Å². The lowest BCUT2D eigenvalue weighted by Crippen LogP contribution is -2.18. The number of hydrogen-bond donors (Lipinski definition) is 1. The highest BCUT2D eigenvalue weighted by Gasteiger charge is 2.22. The maximum atomic E-state index is 5.96. The molecule has 5 rings (SSSR count). The van der Waals surface area contributed by atoms with Crippen molar-refractivity contribution in [2.45, 2.75) is 31.8 Å². The molecule has 0 amide bonds. The van der Waals surface area contributed by atoms with Crippen molar-refractivity contribution in [2.24, 2.45) is 0 Å². The van der Waals surface area contributed by atoms with Crippen molar-refractivity contribution in [3.05, 3.63) is 83.1 Å². The zero-order chi connectivity index (χ0) is 18.1. The Morgan fingerprint density at radius 2 is 2.04 bits per heavy atom. The molecule has 3 heterocycles. The van der Waals surface area contributed by atoms with Gasteiger partial charge >= 0.3 is 0 Å². The summed E-state index contributed by atoms with van der Waals surface area (Å²) >= 11 is 0. The Balaban J connectivity index is 1.25. The van der Waals surface area contributed by atoms with Gasteiger partial charge in [0.25, 0.3) is 0 Å². The van der Waals surface area contributed by atoms with Crippen molar-refractivity contribution in [3.63, 3.8) is 0 Å². The van der Waals surface area contributed by atoms with Crippen LogP contribution in [-0.4, -0.2) is 21.7 Å². The zero-order valence-corrected chi connectivity index (χ0v) is 15.0. The van der Waals surface area contributed by atoms with E-state index in [4.69, 9.17) is 9.26 Å². The molecule has 5 heteroatoms. The van der Waals surface area contributed by atoms with E-state index in [9.17, 15) is 0 Å². The molecule has 0 spiro atoms. The summed E-state index contributed by atoms with van der Waals surface area (Å²) in [5, 5.41) is 5.39. The van der Waals surface area contributed by atoms with Gasteiger partial charge in [-0.1, -0.05) is 35.5 Å². The molecule has 2 aromatic heterocycles. The first-order valence-electron chi connectivity index (χ1n) is 9.42. The fourth-order valence-corrected chi connectivity index (χ4v) is 3.80. The Labute approximate surface area is 157 Å². The molecule has 0 fully saturated rings. The quantitative estimate of drug-likeness (QED) is 0.580. The van der Waals surface area contributed by atoms with Crippen LogP contribution in [0.4, 0.5) is 0 Å². The fraction of sp³-hybridized carbons (Fsp3) is 0.273. The maximum absolute atomic E-state index is 5.96. The van der Waals surface area contributed by atoms with E-state index in [0.717, 1.165) is 31.4 Å². The van der Waals surface area contributed by atoms with Crippen LogP contribution in [0, 0.1) is 0 Å². The predicted octanol–water partition coefficient (Wildman–Crippen LogP) is 4.19. The number of aromatic amines is 1. The second-order valence-corrected chi connectivity index (χ2v) is 7.02. The van der Waals surface area contributed by atoms with Crippen LogP contribution in [0.3, 0.4) is 0 Å². The molecule has 1 atom stereocenters. The summed E-state index contributed by atoms with van der Waals surface area (Å²) in [5.41, 5.74) is 5.03. The van der Waals surface area contributed by atoms with E-state index >= 15 is 0 Å². The minimum absolute atomic E-state index is 0.0106. The summed E-state index contributed by atoms with van der Waals surface area (Å²) < 4.78 is 11.4. The average molecular weight is 359 g/mol. The molecule has 5 nitrogen and oxygen atoms in total. The molecule has 0 saturated heterocycles. The molecular weight excluding hydrogens is 338 g/mol. The topological polar surface area (TPSA) is 63.9 Å². The molecule has 4 aromatic rings. The third-order valence-electron chi connectivity index (χ3n) is 5.22. The van der Waals surface area contributed by atoms with Crippen LogP contribution in [0.25, 0.3) is 10.9 Å². The number of nitrogens with one attached hydrogen (secondary N) is 1. The summed E-state index contributed by atoms with van der Waals surface area (Å²) in [6.07, 6.45) is 5.21. The molecule has 136 valence electrons. The van der Waals surface area contributed by atoms with Gasteiger partial charge in [-0.2, -0.15) is 4.98 Å². The Morgan fingerprint density at radius 3 is 3.04 bits per heavy atom. The standard InChI is InChI=1S/C22H21N3O2/c1-2-4-18-16(3-1)10-12-26-20(18)14-21-24-22(27-25-21)8-6-15-5-7-19-17(13-15)9-11-23-19/h1-5,7,9,11,13,20,23H,6,8,10,12,14H2. The number of aryl methyl sites for hydroxylation is 2. The molecule has 0 radical (unpaired) electrons. The van der Waals surface area contributed by atoms with E-state index in [0.29, 0.717) is 18.1 Å². The van der Waals surface area contributed by atoms with Gasteiger partial charge in [-0.25, -0.2) is 0 Å². The van der Waals surface area contributed by atoms with Crippen LogP contribution >= 0.6 is 0 Å². The van der Waals surface area contributed by atoms with E-state index in [1.807, 2.05) is 6.20 Å². The van der Waals surface area contributed by atoms with Gasteiger partial charge in [-0.15, -0.1) is 0 Å². The molecule has 27 heavy (non-hydrogen) atoms. The van der Waals surface area contributed by atoms with E-state index < -0.39 is 0 Å². The molecule has 1 unspecified atom stereocenters. The molecular formula is C22H21N3O2. The molecule has 1 N–H and O–H groups in total. The summed E-state index contributed by atoms with van der Waals surface area (Å²) in [7, 11) is 0. The van der Waals surface area contributed by atoms with Gasteiger partial charge in [0.2, 0.25) is 5.89 Å². The van der Waals surface area contributed by atoms with Gasteiger partial charge in [-0.3, -0.25) is 0 Å². The van der Waals surface area contributed by atoms with Crippen LogP contribution in [0.5, 0.6) is 0 Å². The highest BCUT2D eigenvalue weighted by molar-refractivity contribution is 5.79. The van der Waals surface area contributed by atoms with Crippen LogP contribution in [0.15, 0.2) is 59.3 Å². The lowest BCUT2D eigenvalue weighted by molar-refractivity contribution is 0.0410. The minimum Gasteiger partial charge on any atom is -0.373 e. The second kappa shape index (κ2) is 7.00. The highest BCUT2D eigenvalue weighted by Crippen LogP contribution is 2.29. The first kappa shape index (κ1) is 16.3. The van der Waals surface area contributed by atoms with Crippen LogP contribution in [0.2, 0.25) is 0 Å². The van der Waals surface area contributed by atoms with Gasteiger partial charge < -0.3 is 14.2 Å².